The second-order valence-corrected chi connectivity index (χ2v) is 6.59. The maximum Gasteiger partial charge on any atom is 0.335 e. The van der Waals surface area contributed by atoms with Gasteiger partial charge in [0.1, 0.15) is 0 Å². The number of benzene rings is 2. The van der Waals surface area contributed by atoms with E-state index in [9.17, 15) is 4.79 Å². The van der Waals surface area contributed by atoms with Crippen LogP contribution in [-0.4, -0.2) is 17.3 Å². The zero-order valence-electron chi connectivity index (χ0n) is 11.0. The molecule has 0 bridgehead atoms. The van der Waals surface area contributed by atoms with Gasteiger partial charge >= 0.3 is 5.97 Å². The van der Waals surface area contributed by atoms with E-state index in [2.05, 4.69) is 57.3 Å². The topological polar surface area (TPSA) is 58.9 Å². The summed E-state index contributed by atoms with van der Waals surface area (Å²) in [5, 5.41) is 12.8. The number of carbonyl (C=O) groups is 1. The summed E-state index contributed by atoms with van der Waals surface area (Å²) in [5.41, 5.74) is 2.34. The van der Waals surface area contributed by atoms with Crippen LogP contribution in [0, 0.1) is 14.1 Å². The van der Waals surface area contributed by atoms with Crippen LogP contribution in [0.3, 0.4) is 0 Å². The molecule has 2 rings (SSSR count). The molecule has 6 heteroatoms. The zero-order valence-corrected chi connectivity index (χ0v) is 15.3. The Balaban J connectivity index is 2.12. The molecule has 1 N–H and O–H groups in total. The van der Waals surface area contributed by atoms with Gasteiger partial charge in [-0.3, -0.25) is 0 Å². The highest BCUT2D eigenvalue weighted by atomic mass is 127. The molecule has 2 aromatic rings. The molecule has 0 saturated heterocycles. The molecule has 0 aliphatic rings. The average molecular weight is 507 g/mol. The highest BCUT2D eigenvalue weighted by Gasteiger charge is 2.04. The molecule has 4 nitrogen and oxygen atoms in total. The first-order valence-electron chi connectivity index (χ1n) is 5.97. The van der Waals surface area contributed by atoms with Crippen LogP contribution in [-0.2, 0) is 0 Å². The molecule has 0 amide bonds. The third-order valence-electron chi connectivity index (χ3n) is 2.74. The van der Waals surface area contributed by atoms with E-state index in [0.717, 1.165) is 12.7 Å². The molecule has 0 heterocycles. The van der Waals surface area contributed by atoms with Gasteiger partial charge in [-0.25, -0.2) is 4.79 Å². The Hall–Kier alpha value is -1.16. The number of hydrogen-bond acceptors (Lipinski definition) is 3. The summed E-state index contributed by atoms with van der Waals surface area (Å²) in [4.78, 5) is 16.1. The first-order chi connectivity index (χ1) is 9.97. The fourth-order valence-electron chi connectivity index (χ4n) is 1.57. The summed E-state index contributed by atoms with van der Waals surface area (Å²) in [5.74, 6) is -0.602. The predicted molar refractivity (Wildman–Crippen MR) is 98.2 cm³/mol. The van der Waals surface area contributed by atoms with Gasteiger partial charge in [-0.1, -0.05) is 11.2 Å². The van der Waals surface area contributed by atoms with Crippen LogP contribution in [0.25, 0.3) is 0 Å². The molecule has 0 atom stereocenters. The van der Waals surface area contributed by atoms with E-state index in [1.54, 1.807) is 18.3 Å². The maximum absolute atomic E-state index is 10.9. The highest BCUT2D eigenvalue weighted by molar-refractivity contribution is 14.1. The number of carboxylic acids is 1. The number of hydrogen-bond donors (Lipinski definition) is 1. The zero-order chi connectivity index (χ0) is 15.4. The third kappa shape index (κ3) is 4.40. The lowest BCUT2D eigenvalue weighted by Gasteiger charge is -2.03. The second kappa shape index (κ2) is 7.21. The van der Waals surface area contributed by atoms with Crippen LogP contribution in [0.15, 0.2) is 41.6 Å². The van der Waals surface area contributed by atoms with E-state index in [-0.39, 0.29) is 5.56 Å². The molecule has 0 aliphatic carbocycles. The standard InChI is InChI=1S/C15H11I2NO3/c1-9-13(16)5-10(6-14(9)17)8-18-21-12-4-2-3-11(7-12)15(19)20/h2-8H,1H3,(H,19,20)/b18-8+. The number of nitrogens with zero attached hydrogens (tertiary/aromatic N) is 1. The molecule has 21 heavy (non-hydrogen) atoms. The Bertz CT molecular complexity index is 691. The molecule has 0 saturated carbocycles. The van der Waals surface area contributed by atoms with E-state index in [1.165, 1.54) is 17.7 Å². The lowest BCUT2D eigenvalue weighted by atomic mass is 10.2. The number of rotatable bonds is 4. The normalized spacial score (nSPS) is 10.8. The average Bonchev–Trinajstić information content (AvgIpc) is 2.45. The van der Waals surface area contributed by atoms with Crippen LogP contribution in [0.5, 0.6) is 5.75 Å². The molecule has 0 spiro atoms. The predicted octanol–water partition coefficient (Wildman–Crippen LogP) is 4.32. The molecule has 0 unspecified atom stereocenters. The lowest BCUT2D eigenvalue weighted by Crippen LogP contribution is -1.96. The first kappa shape index (κ1) is 16.2. The Morgan fingerprint density at radius 3 is 2.52 bits per heavy atom. The van der Waals surface area contributed by atoms with Gasteiger partial charge in [-0.15, -0.1) is 0 Å². The fraction of sp³-hybridized carbons (Fsp3) is 0.0667. The van der Waals surface area contributed by atoms with Crippen molar-refractivity contribution in [2.75, 3.05) is 0 Å². The van der Waals surface area contributed by atoms with Gasteiger partial charge in [-0.2, -0.15) is 0 Å². The van der Waals surface area contributed by atoms with Crippen molar-refractivity contribution in [1.29, 1.82) is 0 Å². The van der Waals surface area contributed by atoms with Gasteiger partial charge in [0.15, 0.2) is 5.75 Å². The molecule has 0 fully saturated rings. The molecule has 0 radical (unpaired) electrons. The molecular weight excluding hydrogens is 496 g/mol. The van der Waals surface area contributed by atoms with E-state index >= 15 is 0 Å². The summed E-state index contributed by atoms with van der Waals surface area (Å²) in [7, 11) is 0. The van der Waals surface area contributed by atoms with E-state index < -0.39 is 5.97 Å². The Morgan fingerprint density at radius 1 is 1.24 bits per heavy atom. The van der Waals surface area contributed by atoms with E-state index in [0.29, 0.717) is 5.75 Å². The summed E-state index contributed by atoms with van der Waals surface area (Å²) >= 11 is 4.56. The highest BCUT2D eigenvalue weighted by Crippen LogP contribution is 2.20. The minimum Gasteiger partial charge on any atom is -0.478 e. The molecule has 2 aromatic carbocycles. The lowest BCUT2D eigenvalue weighted by molar-refractivity contribution is 0.0696. The Kier molecular flexibility index (Phi) is 5.57. The van der Waals surface area contributed by atoms with Gasteiger partial charge in [-0.05, 0) is 93.6 Å². The van der Waals surface area contributed by atoms with Crippen LogP contribution in [0.2, 0.25) is 0 Å². The molecular formula is C15H11I2NO3. The molecule has 0 aromatic heterocycles. The third-order valence-corrected chi connectivity index (χ3v) is 4.99. The van der Waals surface area contributed by atoms with Crippen LogP contribution in [0.4, 0.5) is 0 Å². The van der Waals surface area contributed by atoms with Gasteiger partial charge in [0.25, 0.3) is 0 Å². The summed E-state index contributed by atoms with van der Waals surface area (Å²) < 4.78 is 2.32. The van der Waals surface area contributed by atoms with Crippen molar-refractivity contribution >= 4 is 57.4 Å². The second-order valence-electron chi connectivity index (χ2n) is 4.27. The van der Waals surface area contributed by atoms with Crippen molar-refractivity contribution < 1.29 is 14.7 Å². The smallest absolute Gasteiger partial charge is 0.335 e. The van der Waals surface area contributed by atoms with Gasteiger partial charge in [0.2, 0.25) is 0 Å². The van der Waals surface area contributed by atoms with Crippen LogP contribution >= 0.6 is 45.2 Å². The monoisotopic (exact) mass is 507 g/mol. The number of oxime groups is 1. The number of halogens is 2. The van der Waals surface area contributed by atoms with Crippen molar-refractivity contribution in [3.8, 4) is 5.75 Å². The van der Waals surface area contributed by atoms with Crippen LogP contribution < -0.4 is 4.84 Å². The van der Waals surface area contributed by atoms with Crippen molar-refractivity contribution in [2.45, 2.75) is 6.92 Å². The molecule has 0 aliphatic heterocycles. The quantitative estimate of drug-likeness (QED) is 0.382. The Labute approximate surface area is 149 Å². The summed E-state index contributed by atoms with van der Waals surface area (Å²) in [6, 6.07) is 10.2. The van der Waals surface area contributed by atoms with Crippen molar-refractivity contribution in [3.63, 3.8) is 0 Å². The summed E-state index contributed by atoms with van der Waals surface area (Å²) in [6.45, 7) is 2.07. The Morgan fingerprint density at radius 2 is 1.90 bits per heavy atom. The van der Waals surface area contributed by atoms with Crippen molar-refractivity contribution in [2.24, 2.45) is 5.16 Å². The van der Waals surface area contributed by atoms with Gasteiger partial charge in [0.05, 0.1) is 11.8 Å². The molecule has 108 valence electrons. The van der Waals surface area contributed by atoms with Gasteiger partial charge < -0.3 is 9.94 Å². The van der Waals surface area contributed by atoms with E-state index in [1.807, 2.05) is 12.1 Å². The van der Waals surface area contributed by atoms with Crippen molar-refractivity contribution in [1.82, 2.24) is 0 Å². The number of carboxylic acid groups (broad SMARTS) is 1. The summed E-state index contributed by atoms with van der Waals surface area (Å²) in [6.07, 6.45) is 1.61. The van der Waals surface area contributed by atoms with Crippen LogP contribution in [0.1, 0.15) is 21.5 Å². The fourth-order valence-corrected chi connectivity index (χ4v) is 3.39. The van der Waals surface area contributed by atoms with E-state index in [4.69, 9.17) is 9.94 Å². The van der Waals surface area contributed by atoms with Crippen molar-refractivity contribution in [3.05, 3.63) is 60.2 Å². The maximum atomic E-state index is 10.9. The van der Waals surface area contributed by atoms with Gasteiger partial charge in [0, 0.05) is 7.14 Å². The number of aromatic carboxylic acids is 1. The minimum absolute atomic E-state index is 0.169. The minimum atomic E-state index is -0.993. The largest absolute Gasteiger partial charge is 0.478 e. The SMILES string of the molecule is Cc1c(I)cc(/C=N/Oc2cccc(C(=O)O)c2)cc1I. The first-order valence-corrected chi connectivity index (χ1v) is 8.12.